The van der Waals surface area contributed by atoms with E-state index in [-0.39, 0.29) is 6.54 Å². The molecule has 0 heterocycles. The first-order chi connectivity index (χ1) is 14.2. The Labute approximate surface area is 182 Å². The number of rotatable bonds is 7. The molecular formula is C23H23ClN2O3S. The lowest BCUT2D eigenvalue weighted by molar-refractivity contribution is -0.120. The van der Waals surface area contributed by atoms with Crippen molar-refractivity contribution in [2.75, 3.05) is 17.1 Å². The number of amides is 1. The summed E-state index contributed by atoms with van der Waals surface area (Å²) in [6.07, 6.45) is 1.07. The molecule has 3 rings (SSSR count). The van der Waals surface area contributed by atoms with Crippen LogP contribution in [0.5, 0.6) is 0 Å². The zero-order valence-electron chi connectivity index (χ0n) is 16.7. The van der Waals surface area contributed by atoms with Crippen LogP contribution in [0.3, 0.4) is 0 Å². The molecule has 1 unspecified atom stereocenters. The van der Waals surface area contributed by atoms with Gasteiger partial charge in [0, 0.05) is 5.02 Å². The number of carbonyl (C=O) groups excluding carboxylic acids is 1. The van der Waals surface area contributed by atoms with Gasteiger partial charge in [0.2, 0.25) is 15.9 Å². The van der Waals surface area contributed by atoms with Gasteiger partial charge in [0.15, 0.2) is 0 Å². The third-order valence-electron chi connectivity index (χ3n) is 4.63. The highest BCUT2D eigenvalue weighted by Crippen LogP contribution is 2.24. The number of hydrogen-bond acceptors (Lipinski definition) is 3. The molecule has 0 aliphatic heterocycles. The molecule has 1 amide bonds. The van der Waals surface area contributed by atoms with Gasteiger partial charge in [-0.3, -0.25) is 9.10 Å². The molecule has 156 valence electrons. The molecule has 0 aliphatic carbocycles. The van der Waals surface area contributed by atoms with E-state index in [4.69, 9.17) is 11.6 Å². The fraction of sp³-hybridized carbons (Fsp3) is 0.174. The zero-order chi connectivity index (χ0) is 21.7. The van der Waals surface area contributed by atoms with E-state index in [1.165, 1.54) is 6.07 Å². The fourth-order valence-corrected chi connectivity index (χ4v) is 4.16. The van der Waals surface area contributed by atoms with Gasteiger partial charge in [0.1, 0.15) is 6.54 Å². The van der Waals surface area contributed by atoms with E-state index >= 15 is 0 Å². The second-order valence-electron chi connectivity index (χ2n) is 7.07. The Morgan fingerprint density at radius 1 is 0.967 bits per heavy atom. The predicted octanol–water partition coefficient (Wildman–Crippen LogP) is 4.32. The van der Waals surface area contributed by atoms with Crippen LogP contribution in [0.15, 0.2) is 78.9 Å². The monoisotopic (exact) mass is 442 g/mol. The maximum absolute atomic E-state index is 12.9. The Morgan fingerprint density at radius 2 is 1.60 bits per heavy atom. The van der Waals surface area contributed by atoms with Crippen LogP contribution in [0, 0.1) is 6.92 Å². The number of nitrogens with one attached hydrogen (secondary N) is 1. The number of benzene rings is 3. The van der Waals surface area contributed by atoms with Crippen LogP contribution in [-0.2, 0) is 14.8 Å². The highest BCUT2D eigenvalue weighted by molar-refractivity contribution is 7.92. The van der Waals surface area contributed by atoms with Crippen molar-refractivity contribution in [1.29, 1.82) is 0 Å². The minimum atomic E-state index is -3.69. The summed E-state index contributed by atoms with van der Waals surface area (Å²) in [7, 11) is -3.69. The molecule has 0 saturated heterocycles. The molecule has 3 aromatic rings. The number of nitrogens with zero attached hydrogens (tertiary/aromatic N) is 1. The van der Waals surface area contributed by atoms with Gasteiger partial charge in [-0.15, -0.1) is 0 Å². The van der Waals surface area contributed by atoms with Crippen molar-refractivity contribution >= 4 is 33.2 Å². The standard InChI is InChI=1S/C23H23ClN2O3S/c1-17-11-13-19(14-12-17)23(18-7-4-3-5-8-18)25-22(27)16-26(30(2,28)29)21-10-6-9-20(24)15-21/h3-15,23H,16H2,1-2H3,(H,25,27). The quantitative estimate of drug-likeness (QED) is 0.592. The van der Waals surface area contributed by atoms with Crippen LogP contribution in [0.25, 0.3) is 0 Å². The van der Waals surface area contributed by atoms with Crippen molar-refractivity contribution in [2.45, 2.75) is 13.0 Å². The Hall–Kier alpha value is -2.83. The first-order valence-corrected chi connectivity index (χ1v) is 11.6. The van der Waals surface area contributed by atoms with Crippen LogP contribution in [-0.4, -0.2) is 27.1 Å². The number of carbonyl (C=O) groups is 1. The van der Waals surface area contributed by atoms with Crippen molar-refractivity contribution in [3.63, 3.8) is 0 Å². The average Bonchev–Trinajstić information content (AvgIpc) is 2.71. The molecule has 30 heavy (non-hydrogen) atoms. The molecule has 0 radical (unpaired) electrons. The van der Waals surface area contributed by atoms with Gasteiger partial charge >= 0.3 is 0 Å². The number of hydrogen-bond donors (Lipinski definition) is 1. The molecular weight excluding hydrogens is 420 g/mol. The van der Waals surface area contributed by atoms with Gasteiger partial charge in [-0.25, -0.2) is 8.42 Å². The minimum absolute atomic E-state index is 0.340. The van der Waals surface area contributed by atoms with Crippen molar-refractivity contribution in [3.8, 4) is 0 Å². The highest BCUT2D eigenvalue weighted by Gasteiger charge is 2.24. The van der Waals surface area contributed by atoms with Crippen molar-refractivity contribution < 1.29 is 13.2 Å². The smallest absolute Gasteiger partial charge is 0.241 e. The van der Waals surface area contributed by atoms with E-state index in [1.807, 2.05) is 61.5 Å². The van der Waals surface area contributed by atoms with E-state index in [0.717, 1.165) is 27.3 Å². The van der Waals surface area contributed by atoms with Crippen molar-refractivity contribution in [2.24, 2.45) is 0 Å². The third-order valence-corrected chi connectivity index (χ3v) is 6.01. The lowest BCUT2D eigenvalue weighted by Crippen LogP contribution is -2.41. The molecule has 0 spiro atoms. The topological polar surface area (TPSA) is 66.5 Å². The van der Waals surface area contributed by atoms with Crippen LogP contribution in [0.2, 0.25) is 5.02 Å². The van der Waals surface area contributed by atoms with E-state index in [2.05, 4.69) is 5.32 Å². The van der Waals surface area contributed by atoms with Gasteiger partial charge in [-0.2, -0.15) is 0 Å². The van der Waals surface area contributed by atoms with Crippen LogP contribution >= 0.6 is 11.6 Å². The highest BCUT2D eigenvalue weighted by atomic mass is 35.5. The number of aryl methyl sites for hydroxylation is 1. The van der Waals surface area contributed by atoms with E-state index in [9.17, 15) is 13.2 Å². The number of anilines is 1. The third kappa shape index (κ3) is 5.62. The minimum Gasteiger partial charge on any atom is -0.344 e. The Morgan fingerprint density at radius 3 is 2.20 bits per heavy atom. The van der Waals surface area contributed by atoms with Crippen LogP contribution in [0.1, 0.15) is 22.7 Å². The number of sulfonamides is 1. The van der Waals surface area contributed by atoms with E-state index in [1.54, 1.807) is 18.2 Å². The first kappa shape index (κ1) is 21.9. The van der Waals surface area contributed by atoms with Gasteiger partial charge < -0.3 is 5.32 Å². The maximum Gasteiger partial charge on any atom is 0.241 e. The molecule has 0 saturated carbocycles. The normalized spacial score (nSPS) is 12.2. The molecule has 1 N–H and O–H groups in total. The second kappa shape index (κ2) is 9.32. The lowest BCUT2D eigenvalue weighted by Gasteiger charge is -2.25. The SMILES string of the molecule is Cc1ccc(C(NC(=O)CN(c2cccc(Cl)c2)S(C)(=O)=O)c2ccccc2)cc1. The van der Waals surface area contributed by atoms with Crippen molar-refractivity contribution in [3.05, 3.63) is 101 Å². The van der Waals surface area contributed by atoms with Gasteiger partial charge in [-0.1, -0.05) is 77.8 Å². The summed E-state index contributed by atoms with van der Waals surface area (Å²) in [5.74, 6) is -0.421. The summed E-state index contributed by atoms with van der Waals surface area (Å²) in [6, 6.07) is 23.4. The Bertz CT molecular complexity index is 1120. The molecule has 0 aliphatic rings. The Balaban J connectivity index is 1.88. The van der Waals surface area contributed by atoms with Gasteiger partial charge in [0.25, 0.3) is 0 Å². The average molecular weight is 443 g/mol. The second-order valence-corrected chi connectivity index (χ2v) is 9.41. The molecule has 0 fully saturated rings. The summed E-state index contributed by atoms with van der Waals surface area (Å²) in [6.45, 7) is 1.64. The summed E-state index contributed by atoms with van der Waals surface area (Å²) in [5.41, 5.74) is 3.27. The molecule has 3 aromatic carbocycles. The summed E-state index contributed by atoms with van der Waals surface area (Å²) in [4.78, 5) is 12.9. The molecule has 1 atom stereocenters. The summed E-state index contributed by atoms with van der Waals surface area (Å²) in [5, 5.41) is 3.37. The van der Waals surface area contributed by atoms with Crippen LogP contribution < -0.4 is 9.62 Å². The summed E-state index contributed by atoms with van der Waals surface area (Å²) < 4.78 is 25.7. The molecule has 0 aromatic heterocycles. The molecule has 0 bridgehead atoms. The van der Waals surface area contributed by atoms with Gasteiger partial charge in [0.05, 0.1) is 18.0 Å². The summed E-state index contributed by atoms with van der Waals surface area (Å²) >= 11 is 6.01. The number of halogens is 1. The molecule has 7 heteroatoms. The van der Waals surface area contributed by atoms with Gasteiger partial charge in [-0.05, 0) is 36.2 Å². The Kier molecular flexibility index (Phi) is 6.80. The largest absolute Gasteiger partial charge is 0.344 e. The first-order valence-electron chi connectivity index (χ1n) is 9.38. The predicted molar refractivity (Wildman–Crippen MR) is 121 cm³/mol. The van der Waals surface area contributed by atoms with Crippen molar-refractivity contribution in [1.82, 2.24) is 5.32 Å². The lowest BCUT2D eigenvalue weighted by atomic mass is 9.98. The zero-order valence-corrected chi connectivity index (χ0v) is 18.3. The molecule has 5 nitrogen and oxygen atoms in total. The fourth-order valence-electron chi connectivity index (χ4n) is 3.13. The van der Waals surface area contributed by atoms with E-state index in [0.29, 0.717) is 10.7 Å². The van der Waals surface area contributed by atoms with Crippen LogP contribution in [0.4, 0.5) is 5.69 Å². The maximum atomic E-state index is 12.9. The van der Waals surface area contributed by atoms with E-state index < -0.39 is 22.0 Å².